The van der Waals surface area contributed by atoms with Gasteiger partial charge in [0, 0.05) is 13.0 Å². The minimum atomic E-state index is -8.24. The molecule has 0 radical (unpaired) electrons. The smallest absolute Gasteiger partial charge is 0.281 e. The molecular formula is C20H21F4N7O3S. The lowest BCUT2D eigenvalue weighted by atomic mass is 10.0. The summed E-state index contributed by atoms with van der Waals surface area (Å²) in [7, 11) is -6.58. The third kappa shape index (κ3) is 4.36. The van der Waals surface area contributed by atoms with E-state index in [1.54, 1.807) is 7.05 Å². The van der Waals surface area contributed by atoms with Gasteiger partial charge in [0.25, 0.3) is 5.56 Å². The van der Waals surface area contributed by atoms with Crippen LogP contribution in [-0.4, -0.2) is 42.1 Å². The van der Waals surface area contributed by atoms with Crippen LogP contribution in [0, 0.1) is 0 Å². The van der Waals surface area contributed by atoms with Gasteiger partial charge in [0.05, 0.1) is 30.2 Å². The van der Waals surface area contributed by atoms with E-state index in [4.69, 9.17) is 15.0 Å². The van der Waals surface area contributed by atoms with E-state index in [1.807, 2.05) is 0 Å². The fraction of sp³-hybridized carbons (Fsp3) is 0.350. The Balaban J connectivity index is 1.32. The molecule has 2 N–H and O–H groups in total. The maximum atomic E-state index is 13.6. The highest BCUT2D eigenvalue weighted by molar-refractivity contribution is 8.49. The van der Waals surface area contributed by atoms with E-state index in [2.05, 4.69) is 20.1 Å². The number of ether oxygens (including phenoxy) is 1. The van der Waals surface area contributed by atoms with E-state index >= 15 is 0 Å². The Morgan fingerprint density at radius 1 is 1.17 bits per heavy atom. The number of hydrogen-bond acceptors (Lipinski definition) is 8. The summed E-state index contributed by atoms with van der Waals surface area (Å²) in [5, 5.41) is 3.96. The van der Waals surface area contributed by atoms with Crippen molar-refractivity contribution in [2.45, 2.75) is 29.9 Å². The van der Waals surface area contributed by atoms with Crippen molar-refractivity contribution in [3.05, 3.63) is 58.2 Å². The molecule has 1 aromatic carbocycles. The lowest BCUT2D eigenvalue weighted by molar-refractivity contribution is 0.110. The molecule has 0 aliphatic carbocycles. The topological polar surface area (TPSA) is 127 Å². The zero-order chi connectivity index (χ0) is 25.2. The molecule has 0 spiro atoms. The summed E-state index contributed by atoms with van der Waals surface area (Å²) in [6.07, 6.45) is 1.02. The number of imidazole rings is 1. The maximum Gasteiger partial charge on any atom is 0.281 e. The van der Waals surface area contributed by atoms with E-state index in [0.29, 0.717) is 17.8 Å². The molecule has 4 heterocycles. The fourth-order valence-electron chi connectivity index (χ4n) is 4.00. The minimum Gasteiger partial charge on any atom is -0.373 e. The maximum absolute atomic E-state index is 13.6. The van der Waals surface area contributed by atoms with Crippen molar-refractivity contribution in [3.8, 4) is 0 Å². The van der Waals surface area contributed by atoms with Gasteiger partial charge in [-0.1, -0.05) is 17.3 Å². The Morgan fingerprint density at radius 2 is 1.89 bits per heavy atom. The summed E-state index contributed by atoms with van der Waals surface area (Å²) in [6.45, 7) is 0.106. The molecule has 1 aliphatic rings. The summed E-state index contributed by atoms with van der Waals surface area (Å²) in [4.78, 5) is 24.0. The van der Waals surface area contributed by atoms with Crippen LogP contribution >= 0.6 is 9.84 Å². The number of halogens is 4. The van der Waals surface area contributed by atoms with Crippen LogP contribution in [-0.2, 0) is 18.3 Å². The first-order valence-electron chi connectivity index (χ1n) is 10.4. The quantitative estimate of drug-likeness (QED) is 0.398. The predicted octanol–water partition coefficient (Wildman–Crippen LogP) is 3.79. The molecule has 4 aromatic rings. The molecule has 0 bridgehead atoms. The average molecular weight is 515 g/mol. The Hall–Kier alpha value is -3.46. The first-order chi connectivity index (χ1) is 16.2. The van der Waals surface area contributed by atoms with E-state index in [9.17, 15) is 20.3 Å². The van der Waals surface area contributed by atoms with Gasteiger partial charge < -0.3 is 19.6 Å². The molecule has 3 aromatic heterocycles. The van der Waals surface area contributed by atoms with Gasteiger partial charge in [0.15, 0.2) is 26.8 Å². The number of aromatic nitrogens is 6. The van der Waals surface area contributed by atoms with Gasteiger partial charge in [0.1, 0.15) is 6.54 Å². The van der Waals surface area contributed by atoms with Crippen LogP contribution in [0.25, 0.3) is 11.2 Å². The molecule has 1 saturated heterocycles. The number of nitrogens with two attached hydrogens (primary N) is 1. The van der Waals surface area contributed by atoms with Crippen LogP contribution in [0.15, 0.2) is 44.8 Å². The van der Waals surface area contributed by atoms with Gasteiger partial charge in [-0.3, -0.25) is 9.36 Å². The van der Waals surface area contributed by atoms with Gasteiger partial charge in [0.2, 0.25) is 11.8 Å². The van der Waals surface area contributed by atoms with Crippen molar-refractivity contribution in [3.63, 3.8) is 0 Å². The number of rotatable bonds is 5. The molecule has 15 heteroatoms. The Bertz CT molecular complexity index is 1500. The molecule has 35 heavy (non-hydrogen) atoms. The summed E-state index contributed by atoms with van der Waals surface area (Å²) >= 11 is 0. The number of hydrogen-bond donors (Lipinski definition) is 1. The van der Waals surface area contributed by atoms with Crippen LogP contribution in [0.3, 0.4) is 0 Å². The summed E-state index contributed by atoms with van der Waals surface area (Å²) < 4.78 is 68.1. The molecule has 0 saturated carbocycles. The van der Waals surface area contributed by atoms with Crippen LogP contribution in [0.2, 0.25) is 0 Å². The normalized spacial score (nSPS) is 20.7. The summed E-state index contributed by atoms with van der Waals surface area (Å²) in [5.74, 6) is 0.113. The molecule has 2 atom stereocenters. The zero-order valence-electron chi connectivity index (χ0n) is 18.6. The van der Waals surface area contributed by atoms with Gasteiger partial charge >= 0.3 is 0 Å². The van der Waals surface area contributed by atoms with Gasteiger partial charge in [-0.05, 0) is 24.1 Å². The summed E-state index contributed by atoms with van der Waals surface area (Å²) in [5.41, 5.74) is 6.49. The summed E-state index contributed by atoms with van der Waals surface area (Å²) in [6, 6.07) is 3.88. The molecule has 0 amide bonds. The number of nitrogens with zero attached hydrogens (tertiary/aromatic N) is 6. The van der Waals surface area contributed by atoms with E-state index in [0.717, 1.165) is 12.1 Å². The van der Waals surface area contributed by atoms with Gasteiger partial charge in [-0.15, -0.1) is 15.5 Å². The van der Waals surface area contributed by atoms with Crippen molar-refractivity contribution in [2.75, 3.05) is 18.6 Å². The van der Waals surface area contributed by atoms with Crippen molar-refractivity contribution in [1.82, 2.24) is 29.2 Å². The first-order valence-corrected chi connectivity index (χ1v) is 12.9. The largest absolute Gasteiger partial charge is 0.373 e. The van der Waals surface area contributed by atoms with Crippen molar-refractivity contribution in [1.29, 1.82) is 0 Å². The van der Waals surface area contributed by atoms with E-state index in [1.165, 1.54) is 27.6 Å². The first kappa shape index (κ1) is 23.3. The second-order valence-corrected chi connectivity index (χ2v) is 12.2. The molecule has 0 unspecified atom stereocenters. The van der Waals surface area contributed by atoms with Gasteiger partial charge in [-0.25, -0.2) is 4.98 Å². The minimum absolute atomic E-state index is 0.0564. The van der Waals surface area contributed by atoms with Crippen LogP contribution < -0.4 is 11.3 Å². The van der Waals surface area contributed by atoms with Gasteiger partial charge in [-0.2, -0.15) is 9.97 Å². The number of aryl methyl sites for hydroxylation is 1. The molecule has 188 valence electrons. The lowest BCUT2D eigenvalue weighted by Gasteiger charge is -2.46. The number of nitrogen functional groups attached to an aromatic ring is 1. The van der Waals surface area contributed by atoms with Crippen molar-refractivity contribution >= 4 is 27.0 Å². The predicted molar refractivity (Wildman–Crippen MR) is 119 cm³/mol. The monoisotopic (exact) mass is 515 g/mol. The average Bonchev–Trinajstić information content (AvgIpc) is 3.49. The van der Waals surface area contributed by atoms with E-state index < -0.39 is 26.4 Å². The van der Waals surface area contributed by atoms with Crippen molar-refractivity contribution < 1.29 is 24.8 Å². The molecule has 1 aliphatic heterocycles. The van der Waals surface area contributed by atoms with Crippen LogP contribution in [0.1, 0.15) is 35.7 Å². The SMILES string of the molecule is Cn1cnc2nc(N)n(Cc3nc([C@@H]4CO[C@@H](c5ccc(S(C)(F)(F)(F)F)cc5)C4)no3)c(=O)c21. The third-order valence-electron chi connectivity index (χ3n) is 5.85. The lowest BCUT2D eigenvalue weighted by Crippen LogP contribution is -2.26. The van der Waals surface area contributed by atoms with Crippen LogP contribution in [0.5, 0.6) is 0 Å². The Morgan fingerprint density at radius 3 is 2.57 bits per heavy atom. The number of benzene rings is 1. The number of fused-ring (bicyclic) bond motifs is 1. The highest BCUT2D eigenvalue weighted by Crippen LogP contribution is 2.98. The Kier molecular flexibility index (Phi) is 4.68. The highest BCUT2D eigenvalue weighted by atomic mass is 32.5. The number of anilines is 1. The molecule has 10 nitrogen and oxygen atoms in total. The fourth-order valence-corrected chi connectivity index (χ4v) is 4.82. The Labute approximate surface area is 195 Å². The molecule has 5 rings (SSSR count). The van der Waals surface area contributed by atoms with Crippen LogP contribution in [0.4, 0.5) is 21.5 Å². The zero-order valence-corrected chi connectivity index (χ0v) is 19.4. The molecule has 1 fully saturated rings. The van der Waals surface area contributed by atoms with E-state index in [-0.39, 0.29) is 48.3 Å². The third-order valence-corrected chi connectivity index (χ3v) is 7.30. The second-order valence-electron chi connectivity index (χ2n) is 8.74. The second kappa shape index (κ2) is 7.04. The molecular weight excluding hydrogens is 494 g/mol. The van der Waals surface area contributed by atoms with Crippen molar-refractivity contribution in [2.24, 2.45) is 7.05 Å². The highest BCUT2D eigenvalue weighted by Gasteiger charge is 2.59. The standard InChI is InChI=1S/C20H21F4N7O3S/c1-30-10-26-18-16(30)19(32)31(20(25)28-18)8-15-27-17(29-34-15)12-7-14(33-9-12)11-3-5-13(6-4-11)35(2,21,22,23)24/h3-6,10,12,14H,7-9H2,1-2H3,(H2,25,28)/t12-,14+/m0/s1.